The summed E-state index contributed by atoms with van der Waals surface area (Å²) in [5.41, 5.74) is 0.960. The van der Waals surface area contributed by atoms with Gasteiger partial charge >= 0.3 is 0 Å². The number of anilines is 1. The van der Waals surface area contributed by atoms with Gasteiger partial charge in [0.05, 0.1) is 6.04 Å². The highest BCUT2D eigenvalue weighted by molar-refractivity contribution is 7.89. The first-order chi connectivity index (χ1) is 12.9. The van der Waals surface area contributed by atoms with Crippen molar-refractivity contribution in [2.75, 3.05) is 25.0 Å². The van der Waals surface area contributed by atoms with Crippen molar-refractivity contribution in [3.05, 3.63) is 41.7 Å². The van der Waals surface area contributed by atoms with E-state index in [4.69, 9.17) is 0 Å². The lowest BCUT2D eigenvalue weighted by Crippen LogP contribution is -2.49. The van der Waals surface area contributed by atoms with Crippen molar-refractivity contribution in [3.63, 3.8) is 0 Å². The summed E-state index contributed by atoms with van der Waals surface area (Å²) in [6.45, 7) is 1.09. The quantitative estimate of drug-likeness (QED) is 0.764. The minimum absolute atomic E-state index is 0. The van der Waals surface area contributed by atoms with Gasteiger partial charge in [-0.15, -0.1) is 12.4 Å². The van der Waals surface area contributed by atoms with Gasteiger partial charge in [-0.3, -0.25) is 4.79 Å². The van der Waals surface area contributed by atoms with Crippen LogP contribution in [0.1, 0.15) is 23.9 Å². The Balaban J connectivity index is 0.00000225. The molecule has 1 aromatic heterocycles. The number of fused-ring (bicyclic) bond motifs is 1. The number of carbonyl (C=O) groups is 1. The molecule has 152 valence electrons. The van der Waals surface area contributed by atoms with Crippen molar-refractivity contribution in [2.45, 2.75) is 23.8 Å². The number of aromatic nitrogens is 2. The molecule has 1 unspecified atom stereocenters. The number of amides is 1. The average molecular weight is 430 g/mol. The average Bonchev–Trinajstić information content (AvgIpc) is 3.06. The molecule has 8 nitrogen and oxygen atoms in total. The van der Waals surface area contributed by atoms with Crippen LogP contribution >= 0.6 is 12.4 Å². The van der Waals surface area contributed by atoms with Crippen molar-refractivity contribution >= 4 is 34.0 Å². The van der Waals surface area contributed by atoms with Crippen LogP contribution < -0.4 is 10.6 Å². The van der Waals surface area contributed by atoms with Crippen LogP contribution in [0.3, 0.4) is 0 Å². The highest BCUT2D eigenvalue weighted by Crippen LogP contribution is 2.33. The van der Waals surface area contributed by atoms with Gasteiger partial charge in [0, 0.05) is 51.2 Å². The van der Waals surface area contributed by atoms with E-state index in [1.54, 1.807) is 24.0 Å². The molecule has 11 heteroatoms. The predicted octanol–water partition coefficient (Wildman–Crippen LogP) is 1.20. The molecule has 2 aliphatic heterocycles. The lowest BCUT2D eigenvalue weighted by Gasteiger charge is -2.35. The molecular formula is C17H21ClFN5O3S. The van der Waals surface area contributed by atoms with Crippen LogP contribution in [0.25, 0.3) is 0 Å². The molecule has 0 spiro atoms. The first-order valence-corrected chi connectivity index (χ1v) is 10.1. The van der Waals surface area contributed by atoms with E-state index in [9.17, 15) is 17.6 Å². The van der Waals surface area contributed by atoms with Crippen LogP contribution in [-0.4, -0.2) is 47.8 Å². The van der Waals surface area contributed by atoms with E-state index in [1.807, 2.05) is 0 Å². The van der Waals surface area contributed by atoms with Crippen LogP contribution in [0.5, 0.6) is 0 Å². The summed E-state index contributed by atoms with van der Waals surface area (Å²) >= 11 is 0. The molecule has 4 rings (SSSR count). The normalized spacial score (nSPS) is 20.2. The zero-order chi connectivity index (χ0) is 19.2. The first-order valence-electron chi connectivity index (χ1n) is 8.70. The largest absolute Gasteiger partial charge is 0.337 e. The Morgan fingerprint density at radius 2 is 2.07 bits per heavy atom. The summed E-state index contributed by atoms with van der Waals surface area (Å²) in [5.74, 6) is -0.473. The fourth-order valence-electron chi connectivity index (χ4n) is 3.60. The molecule has 1 atom stereocenters. The monoisotopic (exact) mass is 429 g/mol. The lowest BCUT2D eigenvalue weighted by molar-refractivity contribution is -0.116. The van der Waals surface area contributed by atoms with Crippen molar-refractivity contribution in [3.8, 4) is 0 Å². The molecule has 2 aliphatic rings. The number of nitrogens with one attached hydrogen (secondary N) is 2. The van der Waals surface area contributed by atoms with Crippen molar-refractivity contribution in [1.29, 1.82) is 0 Å². The standard InChI is InChI=1S/C17H20FN5O3S.ClH/c1-22-6-5-20-17(22)14-10-19-4-7-23(14)27(25,26)15-8-11-2-3-16(24)21-13(11)9-12(15)18;/h5-6,8-9,14,19H,2-4,7,10H2,1H3,(H,21,24);1H. The SMILES string of the molecule is Cl.Cn1ccnc1C1CNCCN1S(=O)(=O)c1cc2c(cc1F)NC(=O)CC2. The van der Waals surface area contributed by atoms with Gasteiger partial charge in [-0.25, -0.2) is 17.8 Å². The van der Waals surface area contributed by atoms with Gasteiger partial charge in [0.15, 0.2) is 0 Å². The van der Waals surface area contributed by atoms with Crippen LogP contribution in [0, 0.1) is 5.82 Å². The van der Waals surface area contributed by atoms with Gasteiger partial charge in [-0.2, -0.15) is 4.31 Å². The van der Waals surface area contributed by atoms with E-state index in [0.717, 1.165) is 6.07 Å². The molecule has 1 fully saturated rings. The molecule has 0 radical (unpaired) electrons. The van der Waals surface area contributed by atoms with Gasteiger partial charge in [-0.05, 0) is 24.1 Å². The third kappa shape index (κ3) is 3.52. The second-order valence-electron chi connectivity index (χ2n) is 6.72. The van der Waals surface area contributed by atoms with E-state index < -0.39 is 21.9 Å². The second-order valence-corrected chi connectivity index (χ2v) is 8.58. The number of benzene rings is 1. The number of hydrogen-bond donors (Lipinski definition) is 2. The molecule has 3 heterocycles. The number of nitrogens with zero attached hydrogens (tertiary/aromatic N) is 3. The lowest BCUT2D eigenvalue weighted by atomic mass is 10.0. The van der Waals surface area contributed by atoms with E-state index in [1.165, 1.54) is 10.4 Å². The van der Waals surface area contributed by atoms with Crippen molar-refractivity contribution in [1.82, 2.24) is 19.2 Å². The van der Waals surface area contributed by atoms with E-state index in [2.05, 4.69) is 15.6 Å². The van der Waals surface area contributed by atoms with Gasteiger partial charge < -0.3 is 15.2 Å². The minimum atomic E-state index is -4.08. The Kier molecular flexibility index (Phi) is 5.76. The summed E-state index contributed by atoms with van der Waals surface area (Å²) in [4.78, 5) is 15.4. The third-order valence-electron chi connectivity index (χ3n) is 4.99. The Morgan fingerprint density at radius 1 is 1.29 bits per heavy atom. The Morgan fingerprint density at radius 3 is 2.79 bits per heavy atom. The summed E-state index contributed by atoms with van der Waals surface area (Å²) < 4.78 is 44.4. The zero-order valence-corrected chi connectivity index (χ0v) is 16.8. The molecular weight excluding hydrogens is 409 g/mol. The number of sulfonamides is 1. The number of imidazole rings is 1. The number of aryl methyl sites for hydroxylation is 2. The zero-order valence-electron chi connectivity index (χ0n) is 15.2. The smallest absolute Gasteiger partial charge is 0.246 e. The van der Waals surface area contributed by atoms with E-state index in [-0.39, 0.29) is 36.2 Å². The van der Waals surface area contributed by atoms with E-state index in [0.29, 0.717) is 36.6 Å². The van der Waals surface area contributed by atoms with Crippen molar-refractivity contribution < 1.29 is 17.6 Å². The first kappa shape index (κ1) is 20.7. The maximum absolute atomic E-state index is 14.7. The van der Waals surface area contributed by atoms with Gasteiger partial charge in [0.1, 0.15) is 16.5 Å². The maximum Gasteiger partial charge on any atom is 0.246 e. The van der Waals surface area contributed by atoms with Gasteiger partial charge in [0.2, 0.25) is 15.9 Å². The Labute approximate surface area is 168 Å². The maximum atomic E-state index is 14.7. The van der Waals surface area contributed by atoms with Gasteiger partial charge in [0.25, 0.3) is 0 Å². The summed E-state index contributed by atoms with van der Waals surface area (Å²) in [7, 11) is -2.28. The molecule has 1 amide bonds. The van der Waals surface area contributed by atoms with E-state index >= 15 is 0 Å². The summed E-state index contributed by atoms with van der Waals surface area (Å²) in [5, 5.41) is 5.76. The molecule has 2 N–H and O–H groups in total. The number of piperazine rings is 1. The topological polar surface area (TPSA) is 96.3 Å². The highest BCUT2D eigenvalue weighted by atomic mass is 35.5. The molecule has 0 aliphatic carbocycles. The minimum Gasteiger partial charge on any atom is -0.337 e. The molecule has 28 heavy (non-hydrogen) atoms. The number of halogens is 2. The molecule has 2 aromatic rings. The Hall–Kier alpha value is -2.01. The van der Waals surface area contributed by atoms with Crippen LogP contribution in [-0.2, 0) is 28.3 Å². The number of rotatable bonds is 3. The highest BCUT2D eigenvalue weighted by Gasteiger charge is 2.38. The molecule has 0 bridgehead atoms. The van der Waals surface area contributed by atoms with Crippen LogP contribution in [0.4, 0.5) is 10.1 Å². The molecule has 1 saturated heterocycles. The predicted molar refractivity (Wildman–Crippen MR) is 103 cm³/mol. The van der Waals surface area contributed by atoms with Crippen LogP contribution in [0.15, 0.2) is 29.4 Å². The fraction of sp³-hybridized carbons (Fsp3) is 0.412. The fourth-order valence-corrected chi connectivity index (χ4v) is 5.28. The number of hydrogen-bond acceptors (Lipinski definition) is 5. The Bertz CT molecular complexity index is 1010. The van der Waals surface area contributed by atoms with Crippen molar-refractivity contribution in [2.24, 2.45) is 7.05 Å². The number of carbonyl (C=O) groups excluding carboxylic acids is 1. The van der Waals surface area contributed by atoms with Crippen LogP contribution in [0.2, 0.25) is 0 Å². The summed E-state index contributed by atoms with van der Waals surface area (Å²) in [6.07, 6.45) is 3.99. The summed E-state index contributed by atoms with van der Waals surface area (Å²) in [6, 6.07) is 1.91. The second kappa shape index (κ2) is 7.78. The molecule has 0 saturated carbocycles. The van der Waals surface area contributed by atoms with Gasteiger partial charge in [-0.1, -0.05) is 0 Å². The third-order valence-corrected chi connectivity index (χ3v) is 6.91. The molecule has 1 aromatic carbocycles.